The van der Waals surface area contributed by atoms with E-state index in [4.69, 9.17) is 4.74 Å². The van der Waals surface area contributed by atoms with Crippen molar-refractivity contribution in [2.24, 2.45) is 23.2 Å². The quantitative estimate of drug-likeness (QED) is 0.487. The van der Waals surface area contributed by atoms with Crippen LogP contribution in [0.25, 0.3) is 0 Å². The molecule has 0 heterocycles. The van der Waals surface area contributed by atoms with E-state index in [0.717, 1.165) is 25.2 Å². The molecule has 4 aliphatic rings. The van der Waals surface area contributed by atoms with Gasteiger partial charge in [-0.1, -0.05) is 12.2 Å². The van der Waals surface area contributed by atoms with Crippen LogP contribution >= 0.6 is 0 Å². The van der Waals surface area contributed by atoms with Crippen molar-refractivity contribution in [2.45, 2.75) is 32.1 Å². The summed E-state index contributed by atoms with van der Waals surface area (Å²) in [6, 6.07) is 0. The van der Waals surface area contributed by atoms with Crippen LogP contribution < -0.4 is 0 Å². The lowest BCUT2D eigenvalue weighted by molar-refractivity contribution is -0.164. The fourth-order valence-electron chi connectivity index (χ4n) is 4.34. The van der Waals surface area contributed by atoms with Crippen LogP contribution in [0.2, 0.25) is 0 Å². The van der Waals surface area contributed by atoms with E-state index in [1.165, 1.54) is 25.5 Å². The van der Waals surface area contributed by atoms with Crippen molar-refractivity contribution in [3.05, 3.63) is 12.2 Å². The Morgan fingerprint density at radius 1 is 1.33 bits per heavy atom. The summed E-state index contributed by atoms with van der Waals surface area (Å²) in [5.74, 6) is 2.01. The number of methoxy groups -OCH3 is 1. The van der Waals surface area contributed by atoms with Gasteiger partial charge in [0.1, 0.15) is 0 Å². The fraction of sp³-hybridized carbons (Fsp3) is 0.769. The van der Waals surface area contributed by atoms with E-state index in [1.54, 1.807) is 0 Å². The first-order chi connectivity index (χ1) is 7.14. The van der Waals surface area contributed by atoms with Gasteiger partial charge in [0.2, 0.25) is 0 Å². The first kappa shape index (κ1) is 9.44. The van der Waals surface area contributed by atoms with Crippen molar-refractivity contribution in [1.82, 2.24) is 0 Å². The van der Waals surface area contributed by atoms with Gasteiger partial charge in [0.15, 0.2) is 0 Å². The summed E-state index contributed by atoms with van der Waals surface area (Å²) < 4.78 is 5.00. The van der Waals surface area contributed by atoms with Crippen molar-refractivity contribution < 1.29 is 9.53 Å². The Labute approximate surface area is 90.7 Å². The Morgan fingerprint density at radius 2 is 1.93 bits per heavy atom. The molecule has 0 N–H and O–H groups in total. The first-order valence-electron chi connectivity index (χ1n) is 5.92. The zero-order chi connectivity index (χ0) is 10.6. The number of carbonyl (C=O) groups excluding carboxylic acids is 1. The molecule has 4 rings (SSSR count). The molecule has 4 aliphatic carbocycles. The summed E-state index contributed by atoms with van der Waals surface area (Å²) in [6.45, 7) is 4.22. The molecule has 4 fully saturated rings. The number of rotatable bonds is 1. The summed E-state index contributed by atoms with van der Waals surface area (Å²) in [7, 11) is 1.52. The molecule has 0 radical (unpaired) electrons. The molecule has 15 heavy (non-hydrogen) atoms. The molecular weight excluding hydrogens is 188 g/mol. The van der Waals surface area contributed by atoms with Gasteiger partial charge in [0, 0.05) is 0 Å². The Bertz CT molecular complexity index is 313. The molecule has 4 saturated carbocycles. The minimum atomic E-state index is -0.132. The van der Waals surface area contributed by atoms with E-state index in [-0.39, 0.29) is 11.4 Å². The molecule has 0 amide bonds. The van der Waals surface area contributed by atoms with Crippen LogP contribution in [0.15, 0.2) is 12.2 Å². The molecule has 4 bridgehead atoms. The smallest absolute Gasteiger partial charge is 0.311 e. The van der Waals surface area contributed by atoms with Crippen LogP contribution in [-0.4, -0.2) is 13.1 Å². The van der Waals surface area contributed by atoms with Gasteiger partial charge < -0.3 is 4.74 Å². The predicted octanol–water partition coefficient (Wildman–Crippen LogP) is 2.54. The largest absolute Gasteiger partial charge is 0.469 e. The van der Waals surface area contributed by atoms with E-state index in [2.05, 4.69) is 6.58 Å². The molecule has 0 aromatic heterocycles. The molecule has 2 unspecified atom stereocenters. The van der Waals surface area contributed by atoms with Crippen LogP contribution in [0.5, 0.6) is 0 Å². The summed E-state index contributed by atoms with van der Waals surface area (Å²) in [5.41, 5.74) is 1.29. The fourth-order valence-corrected chi connectivity index (χ4v) is 4.34. The van der Waals surface area contributed by atoms with E-state index < -0.39 is 0 Å². The molecule has 4 atom stereocenters. The van der Waals surface area contributed by atoms with Crippen LogP contribution in [0.1, 0.15) is 32.1 Å². The van der Waals surface area contributed by atoms with Crippen LogP contribution in [0.3, 0.4) is 0 Å². The molecule has 0 saturated heterocycles. The summed E-state index contributed by atoms with van der Waals surface area (Å²) in [4.78, 5) is 11.9. The first-order valence-corrected chi connectivity index (χ1v) is 5.92. The lowest BCUT2D eigenvalue weighted by Gasteiger charge is -2.56. The van der Waals surface area contributed by atoms with Gasteiger partial charge in [0.25, 0.3) is 0 Å². The third kappa shape index (κ3) is 1.14. The standard InChI is InChI=1S/C13H18O2/c1-8-10-3-9-4-11(8)7-13(5-9,6-10)12(14)15-2/h9-11H,1,3-7H2,2H3/t9?,10-,11+,13?. The van der Waals surface area contributed by atoms with E-state index in [1.807, 2.05) is 0 Å². The summed E-state index contributed by atoms with van der Waals surface area (Å²) in [5, 5.41) is 0. The number of allylic oxidation sites excluding steroid dienone is 1. The molecule has 82 valence electrons. The highest BCUT2D eigenvalue weighted by Crippen LogP contribution is 2.61. The van der Waals surface area contributed by atoms with Crippen LogP contribution in [-0.2, 0) is 9.53 Å². The average Bonchev–Trinajstić information content (AvgIpc) is 2.23. The number of carbonyl (C=O) groups is 1. The highest BCUT2D eigenvalue weighted by atomic mass is 16.5. The number of ether oxygens (including phenoxy) is 1. The summed E-state index contributed by atoms with van der Waals surface area (Å²) in [6.07, 6.45) is 5.62. The molecule has 0 aromatic carbocycles. The van der Waals surface area contributed by atoms with Gasteiger partial charge in [-0.15, -0.1) is 0 Å². The highest BCUT2D eigenvalue weighted by Gasteiger charge is 2.56. The lowest BCUT2D eigenvalue weighted by Crippen LogP contribution is -2.51. The minimum Gasteiger partial charge on any atom is -0.469 e. The Kier molecular flexibility index (Phi) is 1.80. The van der Waals surface area contributed by atoms with Crippen molar-refractivity contribution in [1.29, 1.82) is 0 Å². The maximum absolute atomic E-state index is 11.9. The second kappa shape index (κ2) is 2.87. The van der Waals surface area contributed by atoms with E-state index in [0.29, 0.717) is 11.8 Å². The highest BCUT2D eigenvalue weighted by molar-refractivity contribution is 5.77. The predicted molar refractivity (Wildman–Crippen MR) is 57.1 cm³/mol. The van der Waals surface area contributed by atoms with Crippen molar-refractivity contribution in [2.75, 3.05) is 7.11 Å². The number of hydrogen-bond donors (Lipinski definition) is 0. The molecule has 0 aromatic rings. The van der Waals surface area contributed by atoms with Gasteiger partial charge in [-0.2, -0.15) is 0 Å². The van der Waals surface area contributed by atoms with Gasteiger partial charge in [-0.3, -0.25) is 4.79 Å². The molecule has 2 nitrogen and oxygen atoms in total. The number of hydrogen-bond acceptors (Lipinski definition) is 2. The second-order valence-electron chi connectivity index (χ2n) is 5.69. The van der Waals surface area contributed by atoms with Gasteiger partial charge >= 0.3 is 5.97 Å². The van der Waals surface area contributed by atoms with Gasteiger partial charge in [-0.05, 0) is 49.9 Å². The normalized spacial score (nSPS) is 47.0. The molecule has 0 spiro atoms. The monoisotopic (exact) mass is 206 g/mol. The average molecular weight is 206 g/mol. The summed E-state index contributed by atoms with van der Waals surface area (Å²) >= 11 is 0. The maximum atomic E-state index is 11.9. The molecule has 0 aliphatic heterocycles. The van der Waals surface area contributed by atoms with Crippen LogP contribution in [0, 0.1) is 23.2 Å². The van der Waals surface area contributed by atoms with Crippen molar-refractivity contribution >= 4 is 5.97 Å². The third-order valence-corrected chi connectivity index (χ3v) is 4.86. The second-order valence-corrected chi connectivity index (χ2v) is 5.69. The lowest BCUT2D eigenvalue weighted by atomic mass is 9.48. The topological polar surface area (TPSA) is 26.3 Å². The molecular formula is C13H18O2. The van der Waals surface area contributed by atoms with Gasteiger partial charge in [0.05, 0.1) is 12.5 Å². The Balaban J connectivity index is 1.95. The van der Waals surface area contributed by atoms with E-state index >= 15 is 0 Å². The zero-order valence-corrected chi connectivity index (χ0v) is 9.29. The Hall–Kier alpha value is -0.790. The maximum Gasteiger partial charge on any atom is 0.311 e. The zero-order valence-electron chi connectivity index (χ0n) is 9.29. The minimum absolute atomic E-state index is 0.0365. The van der Waals surface area contributed by atoms with Crippen molar-refractivity contribution in [3.8, 4) is 0 Å². The van der Waals surface area contributed by atoms with Gasteiger partial charge in [-0.25, -0.2) is 0 Å². The Morgan fingerprint density at radius 3 is 2.47 bits per heavy atom. The number of esters is 1. The SMILES string of the molecule is C=C1[C@@H]2CC3C[C@H]1CC(C(=O)OC)(C3)C2. The van der Waals surface area contributed by atoms with E-state index in [9.17, 15) is 4.79 Å². The van der Waals surface area contributed by atoms with Crippen molar-refractivity contribution in [3.63, 3.8) is 0 Å². The third-order valence-electron chi connectivity index (χ3n) is 4.86. The molecule has 2 heteroatoms. The van der Waals surface area contributed by atoms with Crippen LogP contribution in [0.4, 0.5) is 0 Å².